The third kappa shape index (κ3) is 3.39. The fourth-order valence-electron chi connectivity index (χ4n) is 1.84. The van der Waals surface area contributed by atoms with Crippen LogP contribution in [0.5, 0.6) is 0 Å². The van der Waals surface area contributed by atoms with Gasteiger partial charge in [0, 0.05) is 16.1 Å². The van der Waals surface area contributed by atoms with E-state index in [1.807, 2.05) is 0 Å². The Kier molecular flexibility index (Phi) is 5.18. The zero-order valence-corrected chi connectivity index (χ0v) is 14.1. The van der Waals surface area contributed by atoms with E-state index in [0.29, 0.717) is 5.02 Å². The minimum absolute atomic E-state index is 0.0362. The Bertz CT molecular complexity index is 649. The average Bonchev–Trinajstić information content (AvgIpc) is 2.42. The fraction of sp³-hybridized carbons (Fsp3) is 0.143. The van der Waals surface area contributed by atoms with Crippen LogP contribution in [0.4, 0.5) is 8.78 Å². The lowest BCUT2D eigenvalue weighted by atomic mass is 9.99. The monoisotopic (exact) mass is 423 g/mol. The van der Waals surface area contributed by atoms with Crippen molar-refractivity contribution in [3.8, 4) is 0 Å². The minimum atomic E-state index is -0.622. The van der Waals surface area contributed by atoms with E-state index >= 15 is 0 Å². The smallest absolute Gasteiger partial charge is 0.143 e. The Morgan fingerprint density at radius 3 is 2.40 bits per heavy atom. The van der Waals surface area contributed by atoms with Gasteiger partial charge in [-0.2, -0.15) is 0 Å². The molecule has 0 radical (unpaired) electrons. The summed E-state index contributed by atoms with van der Waals surface area (Å²) < 4.78 is 28.6. The highest BCUT2D eigenvalue weighted by molar-refractivity contribution is 9.10. The van der Waals surface area contributed by atoms with E-state index in [1.165, 1.54) is 12.1 Å². The Labute approximate surface area is 137 Å². The van der Waals surface area contributed by atoms with Crippen LogP contribution in [-0.4, -0.2) is 0 Å². The SMILES string of the molecule is NC(Cc1c(F)ccc(Br)c1F)c1ccc(Br)c(Cl)c1. The van der Waals surface area contributed by atoms with E-state index in [1.54, 1.807) is 18.2 Å². The first kappa shape index (κ1) is 15.9. The first-order valence-electron chi connectivity index (χ1n) is 5.73. The van der Waals surface area contributed by atoms with Gasteiger partial charge in [0.1, 0.15) is 11.6 Å². The Hall–Kier alpha value is -0.490. The number of rotatable bonds is 3. The summed E-state index contributed by atoms with van der Waals surface area (Å²) in [5.74, 6) is -1.23. The summed E-state index contributed by atoms with van der Waals surface area (Å²) in [6, 6.07) is 7.21. The summed E-state index contributed by atoms with van der Waals surface area (Å²) in [6.45, 7) is 0. The van der Waals surface area contributed by atoms with Crippen LogP contribution in [0.3, 0.4) is 0 Å². The molecule has 0 aliphatic carbocycles. The van der Waals surface area contributed by atoms with Crippen molar-refractivity contribution in [1.29, 1.82) is 0 Å². The lowest BCUT2D eigenvalue weighted by Gasteiger charge is -2.14. The standard InChI is InChI=1S/C14H10Br2ClF2N/c15-9-2-1-7(5-11(9)17)13(20)6-8-12(18)4-3-10(16)14(8)19/h1-5,13H,6,20H2. The van der Waals surface area contributed by atoms with E-state index in [0.717, 1.165) is 10.0 Å². The van der Waals surface area contributed by atoms with E-state index in [-0.39, 0.29) is 16.5 Å². The van der Waals surface area contributed by atoms with Gasteiger partial charge in [-0.05, 0) is 68.1 Å². The molecule has 0 heterocycles. The molecule has 1 unspecified atom stereocenters. The van der Waals surface area contributed by atoms with Gasteiger partial charge < -0.3 is 5.73 Å². The summed E-state index contributed by atoms with van der Waals surface area (Å²) in [4.78, 5) is 0. The highest BCUT2D eigenvalue weighted by atomic mass is 79.9. The van der Waals surface area contributed by atoms with E-state index in [2.05, 4.69) is 31.9 Å². The molecule has 2 aromatic carbocycles. The molecule has 0 aliphatic heterocycles. The van der Waals surface area contributed by atoms with E-state index < -0.39 is 17.7 Å². The van der Waals surface area contributed by atoms with Gasteiger partial charge in [0.25, 0.3) is 0 Å². The van der Waals surface area contributed by atoms with Crippen LogP contribution in [0.15, 0.2) is 39.3 Å². The minimum Gasteiger partial charge on any atom is -0.324 e. The second-order valence-corrected chi connectivity index (χ2v) is 6.42. The highest BCUT2D eigenvalue weighted by Gasteiger charge is 2.17. The summed E-state index contributed by atoms with van der Waals surface area (Å²) in [5, 5.41) is 0.508. The molecule has 0 aliphatic rings. The number of nitrogens with two attached hydrogens (primary N) is 1. The third-order valence-corrected chi connectivity index (χ3v) is 4.78. The molecule has 2 rings (SSSR count). The number of halogens is 5. The van der Waals surface area contributed by atoms with Gasteiger partial charge >= 0.3 is 0 Å². The van der Waals surface area contributed by atoms with Crippen LogP contribution >= 0.6 is 43.5 Å². The molecule has 0 amide bonds. The zero-order chi connectivity index (χ0) is 14.9. The highest BCUT2D eigenvalue weighted by Crippen LogP contribution is 2.29. The lowest BCUT2D eigenvalue weighted by molar-refractivity contribution is 0.536. The third-order valence-electron chi connectivity index (χ3n) is 2.93. The van der Waals surface area contributed by atoms with Gasteiger partial charge in [-0.25, -0.2) is 8.78 Å². The molecular formula is C14H10Br2ClF2N. The topological polar surface area (TPSA) is 26.0 Å². The first-order valence-corrected chi connectivity index (χ1v) is 7.69. The molecule has 6 heteroatoms. The van der Waals surface area contributed by atoms with Crippen molar-refractivity contribution in [3.05, 3.63) is 67.1 Å². The van der Waals surface area contributed by atoms with Crippen molar-refractivity contribution in [2.45, 2.75) is 12.5 Å². The van der Waals surface area contributed by atoms with Gasteiger partial charge in [-0.15, -0.1) is 0 Å². The van der Waals surface area contributed by atoms with Gasteiger partial charge in [0.05, 0.1) is 9.50 Å². The summed E-state index contributed by atoms with van der Waals surface area (Å²) in [7, 11) is 0. The van der Waals surface area contributed by atoms with Gasteiger partial charge in [-0.3, -0.25) is 0 Å². The molecule has 106 valence electrons. The average molecular weight is 425 g/mol. The van der Waals surface area contributed by atoms with Crippen LogP contribution in [0.1, 0.15) is 17.2 Å². The van der Waals surface area contributed by atoms with Crippen molar-refractivity contribution in [2.75, 3.05) is 0 Å². The van der Waals surface area contributed by atoms with Gasteiger partial charge in [0.15, 0.2) is 0 Å². The number of hydrogen-bond donors (Lipinski definition) is 1. The molecule has 1 nitrogen and oxygen atoms in total. The van der Waals surface area contributed by atoms with E-state index in [9.17, 15) is 8.78 Å². The van der Waals surface area contributed by atoms with Gasteiger partial charge in [0.2, 0.25) is 0 Å². The quantitative estimate of drug-likeness (QED) is 0.656. The molecular weight excluding hydrogens is 415 g/mol. The van der Waals surface area contributed by atoms with Gasteiger partial charge in [-0.1, -0.05) is 17.7 Å². The molecule has 2 N–H and O–H groups in total. The molecule has 0 saturated carbocycles. The zero-order valence-electron chi connectivity index (χ0n) is 10.1. The Balaban J connectivity index is 2.30. The summed E-state index contributed by atoms with van der Waals surface area (Å²) in [6.07, 6.45) is 0.0507. The molecule has 0 aromatic heterocycles. The molecule has 0 saturated heterocycles. The number of hydrogen-bond acceptors (Lipinski definition) is 1. The molecule has 2 aromatic rings. The molecule has 1 atom stereocenters. The maximum atomic E-state index is 13.9. The Morgan fingerprint density at radius 2 is 1.75 bits per heavy atom. The second kappa shape index (κ2) is 6.52. The molecule has 0 bridgehead atoms. The lowest BCUT2D eigenvalue weighted by Crippen LogP contribution is -2.15. The molecule has 20 heavy (non-hydrogen) atoms. The van der Waals surface area contributed by atoms with Crippen molar-refractivity contribution in [1.82, 2.24) is 0 Å². The van der Waals surface area contributed by atoms with Crippen LogP contribution in [0.2, 0.25) is 5.02 Å². The summed E-state index contributed by atoms with van der Waals surface area (Å²) in [5.41, 5.74) is 6.69. The van der Waals surface area contributed by atoms with Crippen molar-refractivity contribution in [3.63, 3.8) is 0 Å². The fourth-order valence-corrected chi connectivity index (χ4v) is 2.64. The molecule has 0 spiro atoms. The summed E-state index contributed by atoms with van der Waals surface area (Å²) >= 11 is 12.3. The van der Waals surface area contributed by atoms with Crippen LogP contribution in [-0.2, 0) is 6.42 Å². The number of benzene rings is 2. The first-order chi connectivity index (χ1) is 9.40. The Morgan fingerprint density at radius 1 is 1.10 bits per heavy atom. The maximum Gasteiger partial charge on any atom is 0.143 e. The maximum absolute atomic E-state index is 13.9. The normalized spacial score (nSPS) is 12.5. The van der Waals surface area contributed by atoms with Crippen LogP contribution in [0, 0.1) is 11.6 Å². The predicted octanol–water partition coefficient (Wildman–Crippen LogP) is 5.39. The van der Waals surface area contributed by atoms with Crippen molar-refractivity contribution < 1.29 is 8.78 Å². The predicted molar refractivity (Wildman–Crippen MR) is 83.8 cm³/mol. The van der Waals surface area contributed by atoms with E-state index in [4.69, 9.17) is 17.3 Å². The largest absolute Gasteiger partial charge is 0.324 e. The van der Waals surface area contributed by atoms with Crippen molar-refractivity contribution in [2.24, 2.45) is 5.73 Å². The molecule has 0 fully saturated rings. The van der Waals surface area contributed by atoms with Crippen molar-refractivity contribution >= 4 is 43.5 Å². The second-order valence-electron chi connectivity index (χ2n) is 4.31. The van der Waals surface area contributed by atoms with Crippen LogP contribution < -0.4 is 5.73 Å². The van der Waals surface area contributed by atoms with Crippen LogP contribution in [0.25, 0.3) is 0 Å².